The number of hydrogen-bond donors (Lipinski definition) is 1. The molecule has 2 aromatic carbocycles. The lowest BCUT2D eigenvalue weighted by atomic mass is 10.0. The molecule has 2 nitrogen and oxygen atoms in total. The van der Waals surface area contributed by atoms with Gasteiger partial charge >= 0.3 is 0 Å². The second-order valence-electron chi connectivity index (χ2n) is 5.16. The Balaban J connectivity index is 1.80. The van der Waals surface area contributed by atoms with Crippen molar-refractivity contribution in [1.29, 1.82) is 5.26 Å². The summed E-state index contributed by atoms with van der Waals surface area (Å²) in [7, 11) is 0. The van der Waals surface area contributed by atoms with Crippen molar-refractivity contribution in [2.24, 2.45) is 0 Å². The Labute approximate surface area is 124 Å². The third-order valence-corrected chi connectivity index (χ3v) is 3.83. The molecule has 1 saturated carbocycles. The third kappa shape index (κ3) is 2.95. The summed E-state index contributed by atoms with van der Waals surface area (Å²) in [5.74, 6) is 0.699. The summed E-state index contributed by atoms with van der Waals surface area (Å²) in [6, 6.07) is 17.7. The van der Waals surface area contributed by atoms with Gasteiger partial charge in [0.25, 0.3) is 0 Å². The molecule has 1 aliphatic carbocycles. The predicted octanol–water partition coefficient (Wildman–Crippen LogP) is 4.89. The van der Waals surface area contributed by atoms with E-state index in [1.807, 2.05) is 36.4 Å². The molecule has 2 aromatic rings. The zero-order chi connectivity index (χ0) is 13.9. The van der Waals surface area contributed by atoms with Crippen molar-refractivity contribution in [3.63, 3.8) is 0 Å². The number of nitrogens with zero attached hydrogens (tertiary/aromatic N) is 1. The molecule has 1 fully saturated rings. The highest BCUT2D eigenvalue weighted by Crippen LogP contribution is 2.40. The van der Waals surface area contributed by atoms with E-state index in [0.29, 0.717) is 10.9 Å². The molecule has 1 unspecified atom stereocenters. The van der Waals surface area contributed by atoms with Crippen LogP contribution in [0.4, 0.5) is 5.69 Å². The van der Waals surface area contributed by atoms with Crippen molar-refractivity contribution in [2.75, 3.05) is 5.32 Å². The number of rotatable bonds is 4. The molecule has 100 valence electrons. The summed E-state index contributed by atoms with van der Waals surface area (Å²) in [6.07, 6.45) is 2.54. The highest BCUT2D eigenvalue weighted by Gasteiger charge is 2.24. The molecule has 0 saturated heterocycles. The van der Waals surface area contributed by atoms with Crippen molar-refractivity contribution >= 4 is 17.3 Å². The van der Waals surface area contributed by atoms with Crippen molar-refractivity contribution in [3.05, 3.63) is 64.7 Å². The molecular weight excluding hydrogens is 268 g/mol. The van der Waals surface area contributed by atoms with Crippen molar-refractivity contribution in [2.45, 2.75) is 24.8 Å². The first-order valence-corrected chi connectivity index (χ1v) is 7.15. The van der Waals surface area contributed by atoms with E-state index < -0.39 is 0 Å². The third-order valence-electron chi connectivity index (χ3n) is 3.58. The molecule has 0 radical (unpaired) electrons. The summed E-state index contributed by atoms with van der Waals surface area (Å²) in [5.41, 5.74) is 3.27. The molecule has 0 heterocycles. The SMILES string of the molecule is N#CC(Nc1ccc(Cl)cc1)c1cccc(C2CC2)c1. The van der Waals surface area contributed by atoms with Gasteiger partial charge in [-0.1, -0.05) is 35.9 Å². The molecule has 1 aliphatic rings. The molecule has 0 aromatic heterocycles. The summed E-state index contributed by atoms with van der Waals surface area (Å²) in [6.45, 7) is 0. The topological polar surface area (TPSA) is 35.8 Å². The molecule has 0 bridgehead atoms. The van der Waals surface area contributed by atoms with Gasteiger partial charge in [-0.3, -0.25) is 0 Å². The van der Waals surface area contributed by atoms with E-state index >= 15 is 0 Å². The average Bonchev–Trinajstić information content (AvgIpc) is 3.31. The fraction of sp³-hybridized carbons (Fsp3) is 0.235. The molecule has 0 aliphatic heterocycles. The van der Waals surface area contributed by atoms with Crippen LogP contribution in [0.2, 0.25) is 5.02 Å². The maximum Gasteiger partial charge on any atom is 0.140 e. The van der Waals surface area contributed by atoms with Crippen LogP contribution in [0.25, 0.3) is 0 Å². The number of anilines is 1. The second kappa shape index (κ2) is 5.56. The Bertz CT molecular complexity index is 639. The van der Waals surface area contributed by atoms with Crippen LogP contribution in [0, 0.1) is 11.3 Å². The van der Waals surface area contributed by atoms with Crippen LogP contribution in [0.3, 0.4) is 0 Å². The van der Waals surface area contributed by atoms with Gasteiger partial charge in [-0.25, -0.2) is 0 Å². The number of benzene rings is 2. The summed E-state index contributed by atoms with van der Waals surface area (Å²) >= 11 is 5.87. The molecule has 3 rings (SSSR count). The molecule has 20 heavy (non-hydrogen) atoms. The van der Waals surface area contributed by atoms with Gasteiger partial charge < -0.3 is 5.32 Å². The molecule has 0 spiro atoms. The molecule has 1 atom stereocenters. The summed E-state index contributed by atoms with van der Waals surface area (Å²) in [4.78, 5) is 0. The molecule has 3 heteroatoms. The van der Waals surface area contributed by atoms with Gasteiger partial charge in [0, 0.05) is 10.7 Å². The zero-order valence-electron chi connectivity index (χ0n) is 11.0. The smallest absolute Gasteiger partial charge is 0.140 e. The monoisotopic (exact) mass is 282 g/mol. The minimum absolute atomic E-state index is 0.338. The lowest BCUT2D eigenvalue weighted by molar-refractivity contribution is 0.984. The van der Waals surface area contributed by atoms with E-state index in [2.05, 4.69) is 23.5 Å². The van der Waals surface area contributed by atoms with Gasteiger partial charge in [0.2, 0.25) is 0 Å². The minimum atomic E-state index is -0.338. The average molecular weight is 283 g/mol. The first kappa shape index (κ1) is 13.0. The maximum absolute atomic E-state index is 9.40. The number of halogens is 1. The van der Waals surface area contributed by atoms with Crippen LogP contribution in [-0.2, 0) is 0 Å². The number of hydrogen-bond acceptors (Lipinski definition) is 2. The van der Waals surface area contributed by atoms with Crippen LogP contribution in [0.1, 0.15) is 35.9 Å². The number of nitriles is 1. The van der Waals surface area contributed by atoms with E-state index in [1.54, 1.807) is 0 Å². The van der Waals surface area contributed by atoms with Gasteiger partial charge in [-0.15, -0.1) is 0 Å². The Morgan fingerprint density at radius 3 is 2.55 bits per heavy atom. The second-order valence-corrected chi connectivity index (χ2v) is 5.59. The standard InChI is InChI=1S/C17H15ClN2/c18-15-6-8-16(9-7-15)20-17(11-19)14-3-1-2-13(10-14)12-4-5-12/h1-3,6-10,12,17,20H,4-5H2. The van der Waals surface area contributed by atoms with E-state index in [4.69, 9.17) is 11.6 Å². The van der Waals surface area contributed by atoms with E-state index in [9.17, 15) is 5.26 Å². The van der Waals surface area contributed by atoms with E-state index in [-0.39, 0.29) is 6.04 Å². The van der Waals surface area contributed by atoms with Gasteiger partial charge in [-0.05, 0) is 54.2 Å². The summed E-state index contributed by atoms with van der Waals surface area (Å²) < 4.78 is 0. The van der Waals surface area contributed by atoms with Crippen LogP contribution in [0.5, 0.6) is 0 Å². The van der Waals surface area contributed by atoms with Gasteiger partial charge in [0.05, 0.1) is 6.07 Å². The Kier molecular flexibility index (Phi) is 3.62. The quantitative estimate of drug-likeness (QED) is 0.866. The lowest BCUT2D eigenvalue weighted by Crippen LogP contribution is -2.08. The van der Waals surface area contributed by atoms with E-state index in [0.717, 1.165) is 11.3 Å². The zero-order valence-corrected chi connectivity index (χ0v) is 11.8. The summed E-state index contributed by atoms with van der Waals surface area (Å²) in [5, 5.41) is 13.3. The Hall–Kier alpha value is -1.98. The fourth-order valence-corrected chi connectivity index (χ4v) is 2.44. The maximum atomic E-state index is 9.40. The molecule has 0 amide bonds. The van der Waals surface area contributed by atoms with Gasteiger partial charge in [0.1, 0.15) is 6.04 Å². The van der Waals surface area contributed by atoms with Gasteiger partial charge in [0.15, 0.2) is 0 Å². The van der Waals surface area contributed by atoms with Crippen molar-refractivity contribution in [3.8, 4) is 6.07 Å². The Morgan fingerprint density at radius 1 is 1.15 bits per heavy atom. The van der Waals surface area contributed by atoms with Gasteiger partial charge in [-0.2, -0.15) is 5.26 Å². The van der Waals surface area contributed by atoms with Crippen molar-refractivity contribution < 1.29 is 0 Å². The molecule has 1 N–H and O–H groups in total. The lowest BCUT2D eigenvalue weighted by Gasteiger charge is -2.14. The first-order valence-electron chi connectivity index (χ1n) is 6.78. The highest BCUT2D eigenvalue weighted by molar-refractivity contribution is 6.30. The fourth-order valence-electron chi connectivity index (χ4n) is 2.31. The molecular formula is C17H15ClN2. The number of nitrogens with one attached hydrogen (secondary N) is 1. The first-order chi connectivity index (χ1) is 9.76. The van der Waals surface area contributed by atoms with Crippen LogP contribution < -0.4 is 5.32 Å². The van der Waals surface area contributed by atoms with E-state index in [1.165, 1.54) is 18.4 Å². The van der Waals surface area contributed by atoms with Crippen LogP contribution in [0.15, 0.2) is 48.5 Å². The highest BCUT2D eigenvalue weighted by atomic mass is 35.5. The normalized spacial score (nSPS) is 15.4. The van der Waals surface area contributed by atoms with Crippen molar-refractivity contribution in [1.82, 2.24) is 0 Å². The predicted molar refractivity (Wildman–Crippen MR) is 81.8 cm³/mol. The largest absolute Gasteiger partial charge is 0.366 e. The minimum Gasteiger partial charge on any atom is -0.366 e. The van der Waals surface area contributed by atoms with Crippen LogP contribution >= 0.6 is 11.6 Å². The Morgan fingerprint density at radius 2 is 1.90 bits per heavy atom. The van der Waals surface area contributed by atoms with Crippen LogP contribution in [-0.4, -0.2) is 0 Å².